The number of hydrazone groups is 1. The molecule has 0 saturated heterocycles. The van der Waals surface area contributed by atoms with E-state index in [0.29, 0.717) is 6.21 Å². The minimum Gasteiger partial charge on any atom is -0.313 e. The Balaban J connectivity index is 3.57. The molecule has 0 aromatic heterocycles. The lowest BCUT2D eigenvalue weighted by Gasteiger charge is -2.05. The van der Waals surface area contributed by atoms with Gasteiger partial charge in [-0.25, -0.2) is 17.6 Å². The van der Waals surface area contributed by atoms with E-state index in [9.17, 15) is 17.6 Å². The van der Waals surface area contributed by atoms with Gasteiger partial charge in [-0.15, -0.1) is 0 Å². The van der Waals surface area contributed by atoms with Crippen molar-refractivity contribution in [3.63, 3.8) is 0 Å². The fourth-order valence-corrected chi connectivity index (χ4v) is 1.01. The minimum absolute atomic E-state index is 0.566. The van der Waals surface area contributed by atoms with E-state index in [2.05, 4.69) is 20.6 Å². The molecule has 0 bridgehead atoms. The summed E-state index contributed by atoms with van der Waals surface area (Å²) in [6, 6.07) is 0. The van der Waals surface area contributed by atoms with Crippen LogP contribution in [0, 0.1) is 23.3 Å². The lowest BCUT2D eigenvalue weighted by Crippen LogP contribution is -2.05. The second kappa shape index (κ2) is 5.17. The minimum atomic E-state index is -1.78. The van der Waals surface area contributed by atoms with Gasteiger partial charge < -0.3 is 5.43 Å². The van der Waals surface area contributed by atoms with Crippen LogP contribution in [0.5, 0.6) is 0 Å². The average molecular weight is 247 g/mol. The molecule has 0 amide bonds. The van der Waals surface area contributed by atoms with E-state index in [-0.39, 0.29) is 0 Å². The first kappa shape index (κ1) is 12.8. The first-order valence-electron chi connectivity index (χ1n) is 4.15. The van der Waals surface area contributed by atoms with Crippen LogP contribution in [0.3, 0.4) is 0 Å². The standard InChI is InChI=1S/C8H5F4N5/c1-14-15-2-3-4(9)6(11)8(16-17-13)7(12)5(3)10/h2,14H,1H3/b15-2+. The fraction of sp³-hybridized carbons (Fsp3) is 0.125. The van der Waals surface area contributed by atoms with Gasteiger partial charge in [-0.2, -0.15) is 5.10 Å². The smallest absolute Gasteiger partial charge is 0.172 e. The van der Waals surface area contributed by atoms with Crippen molar-refractivity contribution >= 4 is 11.9 Å². The summed E-state index contributed by atoms with van der Waals surface area (Å²) in [5.41, 5.74) is 7.80. The molecule has 0 radical (unpaired) electrons. The lowest BCUT2D eigenvalue weighted by atomic mass is 10.1. The van der Waals surface area contributed by atoms with Gasteiger partial charge in [-0.3, -0.25) is 0 Å². The zero-order valence-corrected chi connectivity index (χ0v) is 8.38. The van der Waals surface area contributed by atoms with Crippen molar-refractivity contribution in [1.29, 1.82) is 0 Å². The number of nitrogens with zero attached hydrogens (tertiary/aromatic N) is 4. The van der Waals surface area contributed by atoms with Gasteiger partial charge in [0.15, 0.2) is 23.3 Å². The van der Waals surface area contributed by atoms with Gasteiger partial charge in [0.2, 0.25) is 0 Å². The van der Waals surface area contributed by atoms with Crippen molar-refractivity contribution < 1.29 is 17.6 Å². The molecule has 1 aromatic rings. The van der Waals surface area contributed by atoms with Gasteiger partial charge >= 0.3 is 0 Å². The van der Waals surface area contributed by atoms with Crippen LogP contribution in [-0.2, 0) is 0 Å². The second-order valence-electron chi connectivity index (χ2n) is 2.69. The molecule has 0 spiro atoms. The largest absolute Gasteiger partial charge is 0.313 e. The van der Waals surface area contributed by atoms with E-state index in [4.69, 9.17) is 5.53 Å². The highest BCUT2D eigenvalue weighted by Gasteiger charge is 2.23. The number of azide groups is 1. The number of benzene rings is 1. The fourth-order valence-electron chi connectivity index (χ4n) is 1.01. The Morgan fingerprint density at radius 2 is 1.65 bits per heavy atom. The van der Waals surface area contributed by atoms with Crippen LogP contribution in [0.2, 0.25) is 0 Å². The number of halogens is 4. The summed E-state index contributed by atoms with van der Waals surface area (Å²) in [6.45, 7) is 0. The van der Waals surface area contributed by atoms with Crippen molar-refractivity contribution in [1.82, 2.24) is 5.43 Å². The van der Waals surface area contributed by atoms with Gasteiger partial charge in [0.05, 0.1) is 11.8 Å². The Bertz CT molecular complexity index is 492. The lowest BCUT2D eigenvalue weighted by molar-refractivity contribution is 0.455. The van der Waals surface area contributed by atoms with E-state index in [1.165, 1.54) is 7.05 Å². The molecule has 0 aliphatic rings. The highest BCUT2D eigenvalue weighted by atomic mass is 19.2. The molecule has 0 atom stereocenters. The van der Waals surface area contributed by atoms with Crippen molar-refractivity contribution in [3.05, 3.63) is 39.3 Å². The normalized spacial score (nSPS) is 10.4. The number of nitrogens with one attached hydrogen (secondary N) is 1. The Hall–Kier alpha value is -2.28. The zero-order chi connectivity index (χ0) is 13.0. The number of hydrogen-bond donors (Lipinski definition) is 1. The maximum absolute atomic E-state index is 13.3. The van der Waals surface area contributed by atoms with Gasteiger partial charge in [0.1, 0.15) is 5.69 Å². The monoisotopic (exact) mass is 247 g/mol. The van der Waals surface area contributed by atoms with Crippen LogP contribution in [0.1, 0.15) is 5.56 Å². The zero-order valence-electron chi connectivity index (χ0n) is 8.38. The van der Waals surface area contributed by atoms with Crippen LogP contribution in [0.25, 0.3) is 10.4 Å². The van der Waals surface area contributed by atoms with Crippen LogP contribution in [0.15, 0.2) is 10.2 Å². The highest BCUT2D eigenvalue weighted by molar-refractivity contribution is 5.81. The molecule has 1 aromatic carbocycles. The second-order valence-corrected chi connectivity index (χ2v) is 2.69. The first-order valence-corrected chi connectivity index (χ1v) is 4.15. The SMILES string of the molecule is CN/N=C/c1c(F)c(F)c(N=[N+]=[N-])c(F)c1F. The molecule has 0 fully saturated rings. The highest BCUT2D eigenvalue weighted by Crippen LogP contribution is 2.29. The number of rotatable bonds is 3. The van der Waals surface area contributed by atoms with E-state index < -0.39 is 34.5 Å². The molecule has 9 heteroatoms. The third kappa shape index (κ3) is 2.28. The van der Waals surface area contributed by atoms with Crippen LogP contribution in [-0.4, -0.2) is 13.3 Å². The average Bonchev–Trinajstić information content (AvgIpc) is 2.32. The molecule has 1 N–H and O–H groups in total. The summed E-state index contributed by atoms with van der Waals surface area (Å²) >= 11 is 0. The molecule has 5 nitrogen and oxygen atoms in total. The number of hydrogen-bond acceptors (Lipinski definition) is 3. The molecular formula is C8H5F4N5. The van der Waals surface area contributed by atoms with Crippen LogP contribution < -0.4 is 5.43 Å². The molecule has 0 saturated carbocycles. The van der Waals surface area contributed by atoms with Crippen molar-refractivity contribution in [2.75, 3.05) is 7.05 Å². The molecule has 90 valence electrons. The molecule has 0 aliphatic carbocycles. The predicted molar refractivity (Wildman–Crippen MR) is 51.7 cm³/mol. The Kier molecular flexibility index (Phi) is 3.89. The van der Waals surface area contributed by atoms with E-state index in [1.54, 1.807) is 0 Å². The first-order chi connectivity index (χ1) is 8.04. The predicted octanol–water partition coefficient (Wildman–Crippen LogP) is 2.74. The van der Waals surface area contributed by atoms with Gasteiger partial charge in [0, 0.05) is 12.0 Å². The van der Waals surface area contributed by atoms with E-state index >= 15 is 0 Å². The Labute approximate surface area is 92.4 Å². The van der Waals surface area contributed by atoms with Gasteiger partial charge in [0.25, 0.3) is 0 Å². The van der Waals surface area contributed by atoms with Crippen LogP contribution >= 0.6 is 0 Å². The molecule has 0 unspecified atom stereocenters. The Morgan fingerprint density at radius 3 is 2.06 bits per heavy atom. The summed E-state index contributed by atoms with van der Waals surface area (Å²) in [6.07, 6.45) is 0.566. The third-order valence-corrected chi connectivity index (χ3v) is 1.74. The summed E-state index contributed by atoms with van der Waals surface area (Å²) in [7, 11) is 1.33. The molecule has 1 rings (SSSR count). The van der Waals surface area contributed by atoms with Crippen molar-refractivity contribution in [2.24, 2.45) is 10.2 Å². The van der Waals surface area contributed by atoms with Gasteiger partial charge in [-0.05, 0) is 5.53 Å². The molecule has 0 heterocycles. The molecular weight excluding hydrogens is 242 g/mol. The molecule has 0 aliphatic heterocycles. The summed E-state index contributed by atoms with van der Waals surface area (Å²) in [5, 5.41) is 5.77. The Morgan fingerprint density at radius 1 is 1.12 bits per heavy atom. The maximum atomic E-state index is 13.3. The van der Waals surface area contributed by atoms with E-state index in [1.807, 2.05) is 0 Å². The van der Waals surface area contributed by atoms with Gasteiger partial charge in [-0.1, -0.05) is 5.11 Å². The topological polar surface area (TPSA) is 73.2 Å². The van der Waals surface area contributed by atoms with Crippen molar-refractivity contribution in [2.45, 2.75) is 0 Å². The summed E-state index contributed by atoms with van der Waals surface area (Å²) in [4.78, 5) is 2.07. The van der Waals surface area contributed by atoms with Crippen LogP contribution in [0.4, 0.5) is 23.2 Å². The quantitative estimate of drug-likeness (QED) is 0.167. The third-order valence-electron chi connectivity index (χ3n) is 1.74. The van der Waals surface area contributed by atoms with E-state index in [0.717, 1.165) is 0 Å². The summed E-state index contributed by atoms with van der Waals surface area (Å²) in [5.74, 6) is -6.94. The van der Waals surface area contributed by atoms with Crippen molar-refractivity contribution in [3.8, 4) is 0 Å². The summed E-state index contributed by atoms with van der Waals surface area (Å²) < 4.78 is 52.9. The molecule has 17 heavy (non-hydrogen) atoms. The maximum Gasteiger partial charge on any atom is 0.172 e.